The van der Waals surface area contributed by atoms with Crippen molar-refractivity contribution in [3.63, 3.8) is 0 Å². The summed E-state index contributed by atoms with van der Waals surface area (Å²) in [5.74, 6) is -0.646. The van der Waals surface area contributed by atoms with E-state index in [-0.39, 0.29) is 18.1 Å². The second-order valence-corrected chi connectivity index (χ2v) is 3.17. The van der Waals surface area contributed by atoms with Crippen LogP contribution < -0.4 is 5.32 Å². The Hall–Kier alpha value is -1.63. The summed E-state index contributed by atoms with van der Waals surface area (Å²) in [5, 5.41) is 10.8. The smallest absolute Gasteiger partial charge is 0.237 e. The molecule has 1 heterocycles. The molecule has 0 aromatic heterocycles. The molecule has 13 heavy (non-hydrogen) atoms. The average molecular weight is 178 g/mol. The van der Waals surface area contributed by atoms with E-state index in [1.165, 1.54) is 6.20 Å². The Kier molecular flexibility index (Phi) is 2.47. The third kappa shape index (κ3) is 1.59. The summed E-state index contributed by atoms with van der Waals surface area (Å²) in [5.41, 5.74) is -1.05. The molecule has 1 aliphatic heterocycles. The Morgan fingerprint density at radius 3 is 3.08 bits per heavy atom. The Balaban J connectivity index is 2.87. The van der Waals surface area contributed by atoms with Crippen LogP contribution in [0, 0.1) is 16.7 Å². The van der Waals surface area contributed by atoms with Gasteiger partial charge in [-0.2, -0.15) is 5.26 Å². The van der Waals surface area contributed by atoms with Crippen molar-refractivity contribution in [3.05, 3.63) is 12.3 Å². The van der Waals surface area contributed by atoms with Gasteiger partial charge >= 0.3 is 0 Å². The molecule has 4 nitrogen and oxygen atoms in total. The molecule has 0 saturated heterocycles. The number of nitriles is 1. The molecule has 68 valence electrons. The monoisotopic (exact) mass is 178 g/mol. The lowest BCUT2D eigenvalue weighted by molar-refractivity contribution is -0.140. The lowest BCUT2D eigenvalue weighted by Gasteiger charge is -2.26. The van der Waals surface area contributed by atoms with E-state index in [0.717, 1.165) is 0 Å². The number of nitrogens with zero attached hydrogens (tertiary/aromatic N) is 1. The van der Waals surface area contributed by atoms with Gasteiger partial charge in [-0.25, -0.2) is 0 Å². The molecule has 0 radical (unpaired) electrons. The van der Waals surface area contributed by atoms with E-state index in [2.05, 4.69) is 5.32 Å². The minimum Gasteiger partial charge on any atom is -0.332 e. The summed E-state index contributed by atoms with van der Waals surface area (Å²) < 4.78 is 0. The fourth-order valence-electron chi connectivity index (χ4n) is 1.19. The molecule has 0 aromatic carbocycles. The van der Waals surface area contributed by atoms with E-state index in [0.29, 0.717) is 6.42 Å². The minimum absolute atomic E-state index is 0.211. The number of ketones is 1. The van der Waals surface area contributed by atoms with Crippen LogP contribution in [0.3, 0.4) is 0 Å². The van der Waals surface area contributed by atoms with Crippen LogP contribution in [0.25, 0.3) is 0 Å². The Labute approximate surface area is 76.2 Å². The zero-order valence-electron chi connectivity index (χ0n) is 7.33. The van der Waals surface area contributed by atoms with Crippen LogP contribution in [0.15, 0.2) is 12.3 Å². The van der Waals surface area contributed by atoms with E-state index in [9.17, 15) is 9.59 Å². The van der Waals surface area contributed by atoms with Crippen molar-refractivity contribution in [3.8, 4) is 6.07 Å². The van der Waals surface area contributed by atoms with E-state index < -0.39 is 5.41 Å². The summed E-state index contributed by atoms with van der Waals surface area (Å²) in [6.45, 7) is 1.56. The van der Waals surface area contributed by atoms with Gasteiger partial charge in [0.25, 0.3) is 0 Å². The van der Waals surface area contributed by atoms with E-state index >= 15 is 0 Å². The van der Waals surface area contributed by atoms with Gasteiger partial charge in [0.05, 0.1) is 12.5 Å². The Morgan fingerprint density at radius 2 is 2.54 bits per heavy atom. The zero-order valence-corrected chi connectivity index (χ0v) is 7.33. The van der Waals surface area contributed by atoms with Gasteiger partial charge in [0.2, 0.25) is 5.91 Å². The van der Waals surface area contributed by atoms with Crippen LogP contribution in [0.5, 0.6) is 0 Å². The number of hydrogen-bond donors (Lipinski definition) is 1. The van der Waals surface area contributed by atoms with Crippen molar-refractivity contribution in [1.29, 1.82) is 5.26 Å². The van der Waals surface area contributed by atoms with Crippen molar-refractivity contribution in [1.82, 2.24) is 5.32 Å². The first-order valence-electron chi connectivity index (χ1n) is 3.97. The summed E-state index contributed by atoms with van der Waals surface area (Å²) in [4.78, 5) is 22.8. The highest BCUT2D eigenvalue weighted by Crippen LogP contribution is 2.27. The topological polar surface area (TPSA) is 70.0 Å². The maximum atomic E-state index is 11.4. The van der Waals surface area contributed by atoms with Crippen LogP contribution in [-0.4, -0.2) is 11.7 Å². The van der Waals surface area contributed by atoms with Gasteiger partial charge in [0.1, 0.15) is 5.41 Å². The molecule has 1 unspecified atom stereocenters. The van der Waals surface area contributed by atoms with Crippen LogP contribution in [-0.2, 0) is 9.59 Å². The first kappa shape index (κ1) is 9.46. The van der Waals surface area contributed by atoms with Crippen LogP contribution in [0.4, 0.5) is 0 Å². The Morgan fingerprint density at radius 1 is 1.85 bits per heavy atom. The van der Waals surface area contributed by atoms with Crippen molar-refractivity contribution >= 4 is 11.7 Å². The molecule has 0 saturated carbocycles. The molecule has 0 aromatic rings. The fraction of sp³-hybridized carbons (Fsp3) is 0.444. The number of allylic oxidation sites excluding steroid dienone is 1. The highest BCUT2D eigenvalue weighted by molar-refractivity contribution is 6.07. The second kappa shape index (κ2) is 3.40. The van der Waals surface area contributed by atoms with Crippen molar-refractivity contribution in [2.45, 2.75) is 19.8 Å². The molecular weight excluding hydrogens is 168 g/mol. The highest BCUT2D eigenvalue weighted by atomic mass is 16.2. The number of hydrogen-bond acceptors (Lipinski definition) is 3. The molecule has 1 aliphatic rings. The summed E-state index contributed by atoms with van der Waals surface area (Å²) in [6, 6.07) is 1.76. The largest absolute Gasteiger partial charge is 0.332 e. The number of nitrogens with one attached hydrogen (secondary N) is 1. The van der Waals surface area contributed by atoms with Crippen molar-refractivity contribution in [2.75, 3.05) is 0 Å². The van der Waals surface area contributed by atoms with Gasteiger partial charge in [-0.1, -0.05) is 6.08 Å². The molecule has 0 aliphatic carbocycles. The van der Waals surface area contributed by atoms with Gasteiger partial charge in [-0.15, -0.1) is 0 Å². The van der Waals surface area contributed by atoms with Crippen molar-refractivity contribution in [2.24, 2.45) is 5.41 Å². The maximum Gasteiger partial charge on any atom is 0.237 e. The second-order valence-electron chi connectivity index (χ2n) is 3.17. The quantitative estimate of drug-likeness (QED) is 0.626. The first-order chi connectivity index (χ1) is 6.11. The minimum atomic E-state index is -1.05. The fourth-order valence-corrected chi connectivity index (χ4v) is 1.19. The van der Waals surface area contributed by atoms with Crippen LogP contribution in [0.2, 0.25) is 0 Å². The van der Waals surface area contributed by atoms with Crippen LogP contribution >= 0.6 is 0 Å². The molecule has 0 bridgehead atoms. The van der Waals surface area contributed by atoms with E-state index in [1.807, 2.05) is 0 Å². The summed E-state index contributed by atoms with van der Waals surface area (Å²) >= 11 is 0. The molecular formula is C9H10N2O2. The molecule has 4 heteroatoms. The van der Waals surface area contributed by atoms with Gasteiger partial charge in [0, 0.05) is 0 Å². The summed E-state index contributed by atoms with van der Waals surface area (Å²) in [7, 11) is 0. The normalized spacial score (nSPS) is 26.3. The van der Waals surface area contributed by atoms with Crippen LogP contribution in [0.1, 0.15) is 19.8 Å². The van der Waals surface area contributed by atoms with E-state index in [1.54, 1.807) is 19.1 Å². The number of carbonyl (C=O) groups excluding carboxylic acids is 2. The third-order valence-corrected chi connectivity index (χ3v) is 2.21. The number of Topliss-reactive ketones (excluding diaryl/α,β-unsaturated/α-hetero) is 1. The van der Waals surface area contributed by atoms with Gasteiger partial charge in [-0.05, 0) is 19.5 Å². The molecule has 1 N–H and O–H groups in total. The van der Waals surface area contributed by atoms with Gasteiger partial charge < -0.3 is 5.32 Å². The average Bonchev–Trinajstić information content (AvgIpc) is 2.11. The number of rotatable bonds is 2. The summed E-state index contributed by atoms with van der Waals surface area (Å²) in [6.07, 6.45) is 3.40. The van der Waals surface area contributed by atoms with E-state index in [4.69, 9.17) is 5.26 Å². The maximum absolute atomic E-state index is 11.4. The standard InChI is InChI=1S/C9H10N2O2/c1-9(7(12)3-5-10)4-2-6-11-8(9)13/h2,6H,3-4H2,1H3,(H,11,13). The highest BCUT2D eigenvalue weighted by Gasteiger charge is 2.40. The number of amides is 1. The molecule has 0 fully saturated rings. The van der Waals surface area contributed by atoms with Crippen molar-refractivity contribution < 1.29 is 9.59 Å². The predicted octanol–water partition coefficient (Wildman–Crippen LogP) is 0.509. The Bertz CT molecular complexity index is 314. The van der Waals surface area contributed by atoms with Gasteiger partial charge in [0.15, 0.2) is 5.78 Å². The number of carbonyl (C=O) groups is 2. The molecule has 1 rings (SSSR count). The lowest BCUT2D eigenvalue weighted by Crippen LogP contribution is -2.44. The lowest BCUT2D eigenvalue weighted by atomic mass is 9.79. The van der Waals surface area contributed by atoms with Gasteiger partial charge in [-0.3, -0.25) is 9.59 Å². The molecule has 1 atom stereocenters. The molecule has 1 amide bonds. The zero-order chi connectivity index (χ0) is 9.90. The predicted molar refractivity (Wildman–Crippen MR) is 45.2 cm³/mol. The first-order valence-corrected chi connectivity index (χ1v) is 3.97. The third-order valence-electron chi connectivity index (χ3n) is 2.21. The SMILES string of the molecule is CC1(C(=O)CC#N)CC=CNC1=O. The molecule has 0 spiro atoms.